The van der Waals surface area contributed by atoms with Crippen molar-refractivity contribution in [3.8, 4) is 5.75 Å². The van der Waals surface area contributed by atoms with E-state index in [0.717, 1.165) is 14.0 Å². The predicted molar refractivity (Wildman–Crippen MR) is 102 cm³/mol. The van der Waals surface area contributed by atoms with E-state index >= 15 is 0 Å². The zero-order chi connectivity index (χ0) is 16.6. The van der Waals surface area contributed by atoms with Gasteiger partial charge in [-0.05, 0) is 44.8 Å². The van der Waals surface area contributed by atoms with Gasteiger partial charge in [0.25, 0.3) is 0 Å². The second-order valence-corrected chi connectivity index (χ2v) is 9.63. The molecule has 2 aromatic heterocycles. The van der Waals surface area contributed by atoms with Crippen LogP contribution in [0.4, 0.5) is 0 Å². The first kappa shape index (κ1) is 17.3. The number of aromatic hydroxyl groups is 1. The molecule has 0 spiro atoms. The Kier molecular flexibility index (Phi) is 5.35. The molecule has 1 atom stereocenters. The van der Waals surface area contributed by atoms with Crippen molar-refractivity contribution >= 4 is 60.7 Å². The minimum Gasteiger partial charge on any atom is -0.507 e. The fourth-order valence-electron chi connectivity index (χ4n) is 2.42. The third-order valence-corrected chi connectivity index (χ3v) is 8.18. The molecule has 8 heteroatoms. The van der Waals surface area contributed by atoms with E-state index in [1.54, 1.807) is 18.3 Å². The third-order valence-electron chi connectivity index (χ3n) is 3.42. The van der Waals surface area contributed by atoms with Gasteiger partial charge < -0.3 is 9.52 Å². The van der Waals surface area contributed by atoms with Gasteiger partial charge in [0.2, 0.25) is 0 Å². The zero-order valence-electron chi connectivity index (χ0n) is 12.1. The zero-order valence-corrected chi connectivity index (χ0v) is 16.9. The van der Waals surface area contributed by atoms with Crippen LogP contribution in [0.1, 0.15) is 27.9 Å². The van der Waals surface area contributed by atoms with E-state index in [1.807, 2.05) is 11.8 Å². The summed E-state index contributed by atoms with van der Waals surface area (Å²) in [7, 11) is 0. The Hall–Kier alpha value is -0.570. The molecule has 1 aliphatic rings. The lowest BCUT2D eigenvalue weighted by Gasteiger charge is -2.13. The lowest BCUT2D eigenvalue weighted by molar-refractivity contribution is 0.432. The quantitative estimate of drug-likeness (QED) is 0.666. The first-order chi connectivity index (χ1) is 11.0. The fourth-order valence-corrected chi connectivity index (χ4v) is 5.83. The number of rotatable bonds is 2. The van der Waals surface area contributed by atoms with Crippen molar-refractivity contribution in [3.63, 3.8) is 0 Å². The van der Waals surface area contributed by atoms with Crippen LogP contribution in [0.2, 0.25) is 0 Å². The fraction of sp³-hybridized carbons (Fsp3) is 0.333. The average Bonchev–Trinajstić information content (AvgIpc) is 2.68. The van der Waals surface area contributed by atoms with Gasteiger partial charge in [-0.25, -0.2) is 4.79 Å². The summed E-state index contributed by atoms with van der Waals surface area (Å²) in [6.07, 6.45) is 0.589. The summed E-state index contributed by atoms with van der Waals surface area (Å²) in [4.78, 5) is 17.9. The van der Waals surface area contributed by atoms with E-state index in [2.05, 4.69) is 42.9 Å². The summed E-state index contributed by atoms with van der Waals surface area (Å²) in [5, 5.41) is 10.4. The summed E-state index contributed by atoms with van der Waals surface area (Å²) in [6, 6.07) is 3.55. The molecule has 1 unspecified atom stereocenters. The maximum absolute atomic E-state index is 12.1. The lowest BCUT2D eigenvalue weighted by atomic mass is 10.1. The largest absolute Gasteiger partial charge is 0.507 e. The Morgan fingerprint density at radius 1 is 1.39 bits per heavy atom. The third kappa shape index (κ3) is 3.75. The van der Waals surface area contributed by atoms with Crippen molar-refractivity contribution < 1.29 is 9.52 Å². The molecule has 0 bridgehead atoms. The highest BCUT2D eigenvalue weighted by molar-refractivity contribution is 9.13. The second-order valence-electron chi connectivity index (χ2n) is 5.07. The Bertz CT molecular complexity index is 809. The number of halogens is 2. The van der Waals surface area contributed by atoms with Gasteiger partial charge >= 0.3 is 5.63 Å². The topological polar surface area (TPSA) is 62.8 Å². The van der Waals surface area contributed by atoms with Gasteiger partial charge in [0.1, 0.15) is 17.1 Å². The molecular weight excluding hydrogens is 466 g/mol. The molecule has 0 amide bonds. The molecule has 1 N–H and O–H groups in total. The molecule has 0 aliphatic carbocycles. The van der Waals surface area contributed by atoms with Gasteiger partial charge in [0.05, 0.1) is 9.50 Å². The smallest absolute Gasteiger partial charge is 0.348 e. The first-order valence-corrected chi connectivity index (χ1v) is 10.3. The molecule has 1 aliphatic heterocycles. The van der Waals surface area contributed by atoms with Gasteiger partial charge in [-0.2, -0.15) is 11.8 Å². The Morgan fingerprint density at radius 3 is 2.83 bits per heavy atom. The van der Waals surface area contributed by atoms with Crippen molar-refractivity contribution in [1.29, 1.82) is 0 Å². The Morgan fingerprint density at radius 2 is 2.17 bits per heavy atom. The van der Waals surface area contributed by atoms with Crippen LogP contribution in [0.5, 0.6) is 5.75 Å². The Labute approximate surface area is 158 Å². The van der Waals surface area contributed by atoms with E-state index in [9.17, 15) is 9.90 Å². The minimum absolute atomic E-state index is 0.0586. The number of thioether (sulfide) groups is 1. The summed E-state index contributed by atoms with van der Waals surface area (Å²) >= 11 is 10.5. The van der Waals surface area contributed by atoms with Gasteiger partial charge in [-0.15, -0.1) is 11.3 Å². The molecule has 3 heterocycles. The van der Waals surface area contributed by atoms with Gasteiger partial charge in [0.15, 0.2) is 0 Å². The van der Waals surface area contributed by atoms with Crippen molar-refractivity contribution in [1.82, 2.24) is 0 Å². The molecule has 0 saturated carbocycles. The molecule has 2 aromatic rings. The molecule has 3 rings (SSSR count). The number of thiophene rings is 1. The highest BCUT2D eigenvalue weighted by Crippen LogP contribution is 2.43. The SMILES string of the molecule is Cc1cc(O)c(C2=NCCSC(c3cc(Br)c(Br)s3)C2)c(=O)o1. The number of hydrogen-bond acceptors (Lipinski definition) is 6. The molecule has 4 nitrogen and oxygen atoms in total. The standard InChI is InChI=1S/C15H13Br2NO3S2/c1-7-4-10(19)13(15(20)21-7)9-6-11(22-3-2-18-9)12-5-8(16)14(17)23-12/h4-5,11,19H,2-3,6H2,1H3. The highest BCUT2D eigenvalue weighted by atomic mass is 79.9. The number of aryl methyl sites for hydroxylation is 1. The van der Waals surface area contributed by atoms with Crippen LogP contribution < -0.4 is 5.63 Å². The van der Waals surface area contributed by atoms with Crippen LogP contribution in [0.25, 0.3) is 0 Å². The summed E-state index contributed by atoms with van der Waals surface area (Å²) < 4.78 is 7.21. The maximum Gasteiger partial charge on any atom is 0.348 e. The first-order valence-electron chi connectivity index (χ1n) is 6.89. The van der Waals surface area contributed by atoms with E-state index < -0.39 is 5.63 Å². The molecule has 0 aromatic carbocycles. The van der Waals surface area contributed by atoms with Crippen LogP contribution in [-0.2, 0) is 0 Å². The molecule has 0 radical (unpaired) electrons. The molecule has 23 heavy (non-hydrogen) atoms. The van der Waals surface area contributed by atoms with Crippen LogP contribution in [0.3, 0.4) is 0 Å². The number of nitrogens with zero attached hydrogens (tertiary/aromatic N) is 1. The average molecular weight is 479 g/mol. The molecule has 0 fully saturated rings. The monoisotopic (exact) mass is 477 g/mol. The van der Waals surface area contributed by atoms with E-state index in [4.69, 9.17) is 4.42 Å². The van der Waals surface area contributed by atoms with Crippen LogP contribution in [0.15, 0.2) is 34.6 Å². The predicted octanol–water partition coefficient (Wildman–Crippen LogP) is 4.91. The van der Waals surface area contributed by atoms with E-state index in [1.165, 1.54) is 10.9 Å². The van der Waals surface area contributed by atoms with Crippen LogP contribution >= 0.6 is 55.0 Å². The molecular formula is C15H13Br2NO3S2. The van der Waals surface area contributed by atoms with Crippen molar-refractivity contribution in [2.45, 2.75) is 18.6 Å². The van der Waals surface area contributed by atoms with Crippen molar-refractivity contribution in [3.05, 3.63) is 47.0 Å². The molecule has 122 valence electrons. The van der Waals surface area contributed by atoms with Gasteiger partial charge in [0, 0.05) is 39.4 Å². The second kappa shape index (κ2) is 7.13. The minimum atomic E-state index is -0.527. The summed E-state index contributed by atoms with van der Waals surface area (Å²) in [6.45, 7) is 2.26. The number of aliphatic imine (C=N–C) groups is 1. The molecule has 0 saturated heterocycles. The highest BCUT2D eigenvalue weighted by Gasteiger charge is 2.25. The van der Waals surface area contributed by atoms with Crippen molar-refractivity contribution in [2.24, 2.45) is 4.99 Å². The van der Waals surface area contributed by atoms with Crippen LogP contribution in [0, 0.1) is 6.92 Å². The summed E-state index contributed by atoms with van der Waals surface area (Å²) in [5.41, 5.74) is 0.283. The van der Waals surface area contributed by atoms with E-state index in [0.29, 0.717) is 24.4 Å². The van der Waals surface area contributed by atoms with Gasteiger partial charge in [-0.1, -0.05) is 0 Å². The van der Waals surface area contributed by atoms with E-state index in [-0.39, 0.29) is 16.6 Å². The lowest BCUT2D eigenvalue weighted by Crippen LogP contribution is -2.16. The Balaban J connectivity index is 1.97. The number of hydrogen-bond donors (Lipinski definition) is 1. The normalized spacial score (nSPS) is 18.6. The summed E-state index contributed by atoms with van der Waals surface area (Å²) in [5.74, 6) is 1.21. The van der Waals surface area contributed by atoms with Gasteiger partial charge in [-0.3, -0.25) is 4.99 Å². The van der Waals surface area contributed by atoms with Crippen molar-refractivity contribution in [2.75, 3.05) is 12.3 Å². The van der Waals surface area contributed by atoms with Crippen LogP contribution in [-0.4, -0.2) is 23.1 Å². The maximum atomic E-state index is 12.1.